The summed E-state index contributed by atoms with van der Waals surface area (Å²) in [5.74, 6) is 3.02. The number of hydrogen-bond acceptors (Lipinski definition) is 1. The highest BCUT2D eigenvalue weighted by molar-refractivity contribution is 6.28. The summed E-state index contributed by atoms with van der Waals surface area (Å²) in [5.41, 5.74) is 4.37. The molecule has 5 aromatic rings. The molecule has 4 atom stereocenters. The fourth-order valence-corrected chi connectivity index (χ4v) is 7.15. The number of nitrogens with zero attached hydrogens (tertiary/aromatic N) is 1. The van der Waals surface area contributed by atoms with Crippen LogP contribution < -0.4 is 0 Å². The summed E-state index contributed by atoms with van der Waals surface area (Å²) < 4.78 is 0. The normalized spacial score (nSPS) is 26.5. The van der Waals surface area contributed by atoms with Crippen LogP contribution in [-0.2, 0) is 0 Å². The number of hydrogen-bond donors (Lipinski definition) is 0. The first-order valence-corrected chi connectivity index (χ1v) is 11.7. The molecule has 0 radical (unpaired) electrons. The van der Waals surface area contributed by atoms with E-state index in [9.17, 15) is 0 Å². The smallest absolute Gasteiger partial charge is 0.0784 e. The number of aromatic nitrogens is 1. The molecule has 2 bridgehead atoms. The van der Waals surface area contributed by atoms with Gasteiger partial charge < -0.3 is 0 Å². The first kappa shape index (κ1) is 17.1. The van der Waals surface area contributed by atoms with Gasteiger partial charge in [0.25, 0.3) is 0 Å². The monoisotopic (exact) mass is 389 g/mol. The van der Waals surface area contributed by atoms with Gasteiger partial charge in [0.1, 0.15) is 0 Å². The summed E-state index contributed by atoms with van der Waals surface area (Å²) >= 11 is 0. The van der Waals surface area contributed by atoms with Crippen LogP contribution in [0.4, 0.5) is 0 Å². The van der Waals surface area contributed by atoms with Crippen LogP contribution in [0, 0.1) is 11.8 Å². The molecule has 1 saturated carbocycles. The second-order valence-corrected chi connectivity index (χ2v) is 10.3. The fraction of sp³-hybridized carbons (Fsp3) is 0.345. The molecule has 2 aliphatic carbocycles. The van der Waals surface area contributed by atoms with Gasteiger partial charge in [-0.1, -0.05) is 56.3 Å². The molecule has 1 heterocycles. The number of benzene rings is 4. The standard InChI is InChI=1S/C29H27N/c1-16-10-18-12-17(2)25-15-30-29-23-9-8-20-5-3-4-19-6-7-21(28(23)26(19)20)14-24(29)27(25)22(11-16)13-18/h3-9,14-18,22H,10-13H2,1-2H3. The summed E-state index contributed by atoms with van der Waals surface area (Å²) in [4.78, 5) is 5.13. The van der Waals surface area contributed by atoms with E-state index in [4.69, 9.17) is 4.98 Å². The van der Waals surface area contributed by atoms with Gasteiger partial charge in [0.15, 0.2) is 0 Å². The average Bonchev–Trinajstić information content (AvgIpc) is 2.85. The van der Waals surface area contributed by atoms with Gasteiger partial charge in [-0.2, -0.15) is 0 Å². The van der Waals surface area contributed by atoms with Crippen molar-refractivity contribution in [3.8, 4) is 0 Å². The first-order chi connectivity index (χ1) is 14.7. The van der Waals surface area contributed by atoms with E-state index in [0.29, 0.717) is 11.8 Å². The summed E-state index contributed by atoms with van der Waals surface area (Å²) in [5, 5.41) is 9.56. The quantitative estimate of drug-likeness (QED) is 0.192. The Bertz CT molecular complexity index is 1430. The maximum absolute atomic E-state index is 5.13. The van der Waals surface area contributed by atoms with Crippen molar-refractivity contribution in [2.24, 2.45) is 11.8 Å². The van der Waals surface area contributed by atoms with Crippen molar-refractivity contribution in [2.45, 2.75) is 51.4 Å². The van der Waals surface area contributed by atoms with Crippen molar-refractivity contribution in [2.75, 3.05) is 0 Å². The van der Waals surface area contributed by atoms with E-state index < -0.39 is 0 Å². The van der Waals surface area contributed by atoms with Crippen molar-refractivity contribution in [1.82, 2.24) is 4.98 Å². The van der Waals surface area contributed by atoms with E-state index in [2.05, 4.69) is 68.6 Å². The Kier molecular flexibility index (Phi) is 3.38. The minimum atomic E-state index is 0.614. The zero-order valence-corrected chi connectivity index (χ0v) is 17.8. The minimum absolute atomic E-state index is 0.614. The maximum atomic E-state index is 5.13. The molecular weight excluding hydrogens is 362 g/mol. The first-order valence-electron chi connectivity index (χ1n) is 11.7. The second kappa shape index (κ2) is 5.94. The van der Waals surface area contributed by atoms with Gasteiger partial charge in [-0.05, 0) is 93.5 Å². The molecule has 0 aliphatic heterocycles. The van der Waals surface area contributed by atoms with Gasteiger partial charge in [0, 0.05) is 17.0 Å². The van der Waals surface area contributed by atoms with E-state index in [1.807, 2.05) is 0 Å². The molecule has 4 aromatic carbocycles. The largest absolute Gasteiger partial charge is 0.255 e. The summed E-state index contributed by atoms with van der Waals surface area (Å²) in [6.07, 6.45) is 7.68. The Morgan fingerprint density at radius 2 is 1.57 bits per heavy atom. The van der Waals surface area contributed by atoms with Crippen molar-refractivity contribution in [3.63, 3.8) is 0 Å². The summed E-state index contributed by atoms with van der Waals surface area (Å²) in [6, 6.07) is 18.3. The van der Waals surface area contributed by atoms with E-state index >= 15 is 0 Å². The highest BCUT2D eigenvalue weighted by atomic mass is 14.7. The number of rotatable bonds is 0. The van der Waals surface area contributed by atoms with Gasteiger partial charge in [0.2, 0.25) is 0 Å². The van der Waals surface area contributed by atoms with E-state index in [0.717, 1.165) is 11.8 Å². The maximum Gasteiger partial charge on any atom is 0.0784 e. The molecule has 0 amide bonds. The van der Waals surface area contributed by atoms with Gasteiger partial charge in [-0.25, -0.2) is 0 Å². The molecule has 0 spiro atoms. The average molecular weight is 390 g/mol. The third-order valence-corrected chi connectivity index (χ3v) is 8.22. The molecule has 1 aromatic heterocycles. The predicted molar refractivity (Wildman–Crippen MR) is 128 cm³/mol. The molecule has 1 heteroatoms. The number of pyridine rings is 1. The second-order valence-electron chi connectivity index (χ2n) is 10.3. The Morgan fingerprint density at radius 3 is 2.43 bits per heavy atom. The van der Waals surface area contributed by atoms with Gasteiger partial charge in [0.05, 0.1) is 5.52 Å². The van der Waals surface area contributed by atoms with Crippen molar-refractivity contribution < 1.29 is 0 Å². The van der Waals surface area contributed by atoms with Crippen LogP contribution in [0.3, 0.4) is 0 Å². The molecule has 0 saturated heterocycles. The predicted octanol–water partition coefficient (Wildman–Crippen LogP) is 8.16. The zero-order chi connectivity index (χ0) is 20.0. The molecule has 148 valence electrons. The van der Waals surface area contributed by atoms with E-state index in [-0.39, 0.29) is 0 Å². The highest BCUT2D eigenvalue weighted by Crippen LogP contribution is 2.51. The van der Waals surface area contributed by atoms with Crippen LogP contribution in [0.5, 0.6) is 0 Å². The molecule has 1 nitrogen and oxygen atoms in total. The molecule has 4 unspecified atom stereocenters. The molecule has 2 aliphatic rings. The highest BCUT2D eigenvalue weighted by Gasteiger charge is 2.35. The van der Waals surface area contributed by atoms with Crippen LogP contribution in [0.15, 0.2) is 54.7 Å². The summed E-state index contributed by atoms with van der Waals surface area (Å²) in [6.45, 7) is 4.90. The van der Waals surface area contributed by atoms with Crippen molar-refractivity contribution in [3.05, 3.63) is 65.9 Å². The summed E-state index contributed by atoms with van der Waals surface area (Å²) in [7, 11) is 0. The third-order valence-electron chi connectivity index (χ3n) is 8.22. The van der Waals surface area contributed by atoms with Crippen LogP contribution in [0.1, 0.15) is 62.5 Å². The lowest BCUT2D eigenvalue weighted by Gasteiger charge is -2.32. The lowest BCUT2D eigenvalue weighted by atomic mass is 9.73. The van der Waals surface area contributed by atoms with Crippen LogP contribution in [0.25, 0.3) is 43.2 Å². The van der Waals surface area contributed by atoms with Gasteiger partial charge in [-0.15, -0.1) is 0 Å². The molecule has 0 N–H and O–H groups in total. The van der Waals surface area contributed by atoms with Crippen LogP contribution >= 0.6 is 0 Å². The lowest BCUT2D eigenvalue weighted by molar-refractivity contribution is 0.244. The molecule has 1 fully saturated rings. The van der Waals surface area contributed by atoms with Gasteiger partial charge in [-0.3, -0.25) is 4.98 Å². The van der Waals surface area contributed by atoms with Crippen molar-refractivity contribution >= 4 is 43.2 Å². The molecular formula is C29H27N. The Hall–Kier alpha value is -2.67. The Morgan fingerprint density at radius 1 is 0.767 bits per heavy atom. The molecule has 7 rings (SSSR count). The van der Waals surface area contributed by atoms with Crippen LogP contribution in [0.2, 0.25) is 0 Å². The number of fused-ring (bicyclic) bond motifs is 7. The Balaban J connectivity index is 1.63. The fourth-order valence-electron chi connectivity index (χ4n) is 7.15. The topological polar surface area (TPSA) is 12.9 Å². The van der Waals surface area contributed by atoms with Gasteiger partial charge >= 0.3 is 0 Å². The van der Waals surface area contributed by atoms with Crippen LogP contribution in [-0.4, -0.2) is 4.98 Å². The third kappa shape index (κ3) is 2.21. The Labute approximate surface area is 177 Å². The van der Waals surface area contributed by atoms with E-state index in [1.54, 1.807) is 5.56 Å². The van der Waals surface area contributed by atoms with Crippen molar-refractivity contribution in [1.29, 1.82) is 0 Å². The minimum Gasteiger partial charge on any atom is -0.255 e. The molecule has 30 heavy (non-hydrogen) atoms. The lowest BCUT2D eigenvalue weighted by Crippen LogP contribution is -2.18. The van der Waals surface area contributed by atoms with E-state index in [1.165, 1.54) is 74.5 Å². The SMILES string of the molecule is CC1CC2CC(C)c3cnc4c(cc5ccc6cccc7ccc4c5c67)c3C(C1)C2. The zero-order valence-electron chi connectivity index (χ0n) is 17.8.